The Balaban J connectivity index is 2.38. The monoisotopic (exact) mass is 435 g/mol. The van der Waals surface area contributed by atoms with E-state index in [1.54, 1.807) is 18.8 Å². The third-order valence-electron chi connectivity index (χ3n) is 3.24. The molecule has 1 rings (SSSR count). The predicted molar refractivity (Wildman–Crippen MR) is 108 cm³/mol. The number of guanidine groups is 1. The fourth-order valence-corrected chi connectivity index (χ4v) is 3.89. The van der Waals surface area contributed by atoms with Crippen LogP contribution in [0.25, 0.3) is 0 Å². The lowest BCUT2D eigenvalue weighted by atomic mass is 10.3. The summed E-state index contributed by atoms with van der Waals surface area (Å²) in [6.45, 7) is 4.87. The Kier molecular flexibility index (Phi) is 9.15. The van der Waals surface area contributed by atoms with Crippen LogP contribution < -0.4 is 10.6 Å². The quantitative estimate of drug-likeness (QED) is 0.373. The number of hydrogen-bond acceptors (Lipinski definition) is 4. The summed E-state index contributed by atoms with van der Waals surface area (Å²) in [6, 6.07) is 8.29. The SMILES string of the molecule is CN=C(NCC(C)Sc1ccc(Br)cc1)NC(C)CCS(C)(=O)=O. The Morgan fingerprint density at radius 1 is 1.29 bits per heavy atom. The molecule has 1 aromatic rings. The number of nitrogens with one attached hydrogen (secondary N) is 2. The molecule has 24 heavy (non-hydrogen) atoms. The van der Waals surface area contributed by atoms with Crippen molar-refractivity contribution in [3.8, 4) is 0 Å². The zero-order valence-electron chi connectivity index (χ0n) is 14.5. The van der Waals surface area contributed by atoms with Crippen molar-refractivity contribution in [3.63, 3.8) is 0 Å². The fourth-order valence-electron chi connectivity index (χ4n) is 1.92. The Morgan fingerprint density at radius 3 is 2.46 bits per heavy atom. The maximum absolute atomic E-state index is 11.2. The Morgan fingerprint density at radius 2 is 1.92 bits per heavy atom. The normalized spacial score (nSPS) is 15.0. The number of benzene rings is 1. The van der Waals surface area contributed by atoms with Crippen molar-refractivity contribution in [1.82, 2.24) is 10.6 Å². The first-order valence-electron chi connectivity index (χ1n) is 7.76. The first-order valence-corrected chi connectivity index (χ1v) is 11.5. The lowest BCUT2D eigenvalue weighted by molar-refractivity contribution is 0.581. The van der Waals surface area contributed by atoms with Gasteiger partial charge in [-0.2, -0.15) is 0 Å². The first-order chi connectivity index (χ1) is 11.2. The highest BCUT2D eigenvalue weighted by Gasteiger charge is 2.11. The van der Waals surface area contributed by atoms with Crippen molar-refractivity contribution < 1.29 is 8.42 Å². The standard InChI is InChI=1S/C16H26BrN3O2S2/c1-12(9-10-24(4,21)22)20-16(18-3)19-11-13(2)23-15-7-5-14(17)6-8-15/h5-8,12-13H,9-11H2,1-4H3,(H2,18,19,20). The second-order valence-corrected chi connectivity index (χ2v) is 10.5. The summed E-state index contributed by atoms with van der Waals surface area (Å²) in [6.07, 6.45) is 1.82. The van der Waals surface area contributed by atoms with Gasteiger partial charge in [0.1, 0.15) is 9.84 Å². The van der Waals surface area contributed by atoms with Crippen LogP contribution in [0.5, 0.6) is 0 Å². The Labute approximate surface area is 158 Å². The van der Waals surface area contributed by atoms with Crippen molar-refractivity contribution in [2.75, 3.05) is 25.6 Å². The van der Waals surface area contributed by atoms with E-state index in [1.807, 2.05) is 19.1 Å². The largest absolute Gasteiger partial charge is 0.355 e. The predicted octanol–water partition coefficient (Wildman–Crippen LogP) is 2.92. The van der Waals surface area contributed by atoms with E-state index in [4.69, 9.17) is 0 Å². The molecule has 5 nitrogen and oxygen atoms in total. The van der Waals surface area contributed by atoms with Crippen LogP contribution in [-0.4, -0.2) is 51.3 Å². The zero-order valence-corrected chi connectivity index (χ0v) is 17.8. The summed E-state index contributed by atoms with van der Waals surface area (Å²) in [5, 5.41) is 6.88. The van der Waals surface area contributed by atoms with Crippen LogP contribution in [0.1, 0.15) is 20.3 Å². The van der Waals surface area contributed by atoms with Gasteiger partial charge in [-0.3, -0.25) is 4.99 Å². The van der Waals surface area contributed by atoms with E-state index in [-0.39, 0.29) is 11.8 Å². The maximum atomic E-state index is 11.2. The minimum atomic E-state index is -2.93. The fraction of sp³-hybridized carbons (Fsp3) is 0.562. The third-order valence-corrected chi connectivity index (χ3v) is 5.86. The number of rotatable bonds is 8. The molecule has 2 atom stereocenters. The van der Waals surface area contributed by atoms with E-state index in [9.17, 15) is 8.42 Å². The lowest BCUT2D eigenvalue weighted by Gasteiger charge is -2.19. The molecule has 0 aliphatic rings. The topological polar surface area (TPSA) is 70.6 Å². The minimum absolute atomic E-state index is 0.0420. The molecule has 0 aliphatic heterocycles. The van der Waals surface area contributed by atoms with Crippen LogP contribution in [0.4, 0.5) is 0 Å². The Hall–Kier alpha value is -0.730. The molecule has 0 spiro atoms. The molecule has 8 heteroatoms. The van der Waals surface area contributed by atoms with Crippen molar-refractivity contribution in [2.24, 2.45) is 4.99 Å². The highest BCUT2D eigenvalue weighted by Crippen LogP contribution is 2.24. The summed E-state index contributed by atoms with van der Waals surface area (Å²) in [4.78, 5) is 5.41. The van der Waals surface area contributed by atoms with Gasteiger partial charge in [-0.15, -0.1) is 11.8 Å². The molecular weight excluding hydrogens is 410 g/mol. The molecule has 0 saturated heterocycles. The molecular formula is C16H26BrN3O2S2. The zero-order chi connectivity index (χ0) is 18.2. The molecule has 0 bridgehead atoms. The van der Waals surface area contributed by atoms with Crippen molar-refractivity contribution >= 4 is 43.5 Å². The summed E-state index contributed by atoms with van der Waals surface area (Å²) in [7, 11) is -1.22. The number of nitrogens with zero attached hydrogens (tertiary/aromatic N) is 1. The number of halogens is 1. The molecule has 0 aliphatic carbocycles. The maximum Gasteiger partial charge on any atom is 0.191 e. The van der Waals surface area contributed by atoms with Gasteiger partial charge in [-0.25, -0.2) is 8.42 Å². The lowest BCUT2D eigenvalue weighted by Crippen LogP contribution is -2.44. The molecule has 1 aromatic carbocycles. The van der Waals surface area contributed by atoms with Crippen molar-refractivity contribution in [2.45, 2.75) is 36.5 Å². The van der Waals surface area contributed by atoms with Gasteiger partial charge in [0.05, 0.1) is 5.75 Å². The molecule has 2 N–H and O–H groups in total. The van der Waals surface area contributed by atoms with Gasteiger partial charge in [-0.1, -0.05) is 22.9 Å². The molecule has 0 fully saturated rings. The average Bonchev–Trinajstić information content (AvgIpc) is 2.51. The molecule has 0 radical (unpaired) electrons. The summed E-state index contributed by atoms with van der Waals surface area (Å²) in [5.74, 6) is 0.868. The smallest absolute Gasteiger partial charge is 0.191 e. The summed E-state index contributed by atoms with van der Waals surface area (Å²) < 4.78 is 23.5. The van der Waals surface area contributed by atoms with Gasteiger partial charge < -0.3 is 10.6 Å². The number of thioether (sulfide) groups is 1. The molecule has 0 saturated carbocycles. The van der Waals surface area contributed by atoms with Crippen LogP contribution >= 0.6 is 27.7 Å². The average molecular weight is 436 g/mol. The van der Waals surface area contributed by atoms with E-state index in [0.717, 1.165) is 11.0 Å². The van der Waals surface area contributed by atoms with Gasteiger partial charge in [0, 0.05) is 40.5 Å². The van der Waals surface area contributed by atoms with Crippen LogP contribution in [0.15, 0.2) is 38.6 Å². The van der Waals surface area contributed by atoms with E-state index in [2.05, 4.69) is 50.6 Å². The molecule has 0 amide bonds. The van der Waals surface area contributed by atoms with E-state index in [1.165, 1.54) is 11.2 Å². The second-order valence-electron chi connectivity index (χ2n) is 5.80. The highest BCUT2D eigenvalue weighted by atomic mass is 79.9. The van der Waals surface area contributed by atoms with Gasteiger partial charge in [0.2, 0.25) is 0 Å². The highest BCUT2D eigenvalue weighted by molar-refractivity contribution is 9.10. The molecule has 0 aromatic heterocycles. The number of hydrogen-bond donors (Lipinski definition) is 2. The van der Waals surface area contributed by atoms with Crippen molar-refractivity contribution in [1.29, 1.82) is 0 Å². The van der Waals surface area contributed by atoms with Crippen molar-refractivity contribution in [3.05, 3.63) is 28.7 Å². The third kappa shape index (κ3) is 9.54. The number of aliphatic imine (C=N–C) groups is 1. The molecule has 136 valence electrons. The van der Waals surface area contributed by atoms with Crippen LogP contribution in [0, 0.1) is 0 Å². The van der Waals surface area contributed by atoms with E-state index >= 15 is 0 Å². The van der Waals surface area contributed by atoms with Crippen LogP contribution in [0.2, 0.25) is 0 Å². The van der Waals surface area contributed by atoms with Crippen LogP contribution in [0.3, 0.4) is 0 Å². The summed E-state index contributed by atoms with van der Waals surface area (Å²) >= 11 is 5.23. The van der Waals surface area contributed by atoms with Crippen LogP contribution in [-0.2, 0) is 9.84 Å². The Bertz CT molecular complexity index is 633. The number of sulfone groups is 1. The minimum Gasteiger partial charge on any atom is -0.355 e. The van der Waals surface area contributed by atoms with E-state index < -0.39 is 9.84 Å². The molecule has 0 heterocycles. The van der Waals surface area contributed by atoms with Gasteiger partial charge in [0.25, 0.3) is 0 Å². The summed E-state index contributed by atoms with van der Waals surface area (Å²) in [5.41, 5.74) is 0. The van der Waals surface area contributed by atoms with Gasteiger partial charge in [-0.05, 0) is 37.6 Å². The van der Waals surface area contributed by atoms with Gasteiger partial charge in [0.15, 0.2) is 5.96 Å². The first kappa shape index (κ1) is 21.3. The second kappa shape index (κ2) is 10.3. The van der Waals surface area contributed by atoms with Gasteiger partial charge >= 0.3 is 0 Å². The molecule has 2 unspecified atom stereocenters. The van der Waals surface area contributed by atoms with E-state index in [0.29, 0.717) is 17.6 Å².